The molecule has 188 valence electrons. The number of hydrogen-bond acceptors (Lipinski definition) is 7. The molecular formula is C23H20F4N6O2S. The quantitative estimate of drug-likeness (QED) is 0.309. The van der Waals surface area contributed by atoms with Crippen molar-refractivity contribution in [1.29, 1.82) is 0 Å². The van der Waals surface area contributed by atoms with E-state index in [2.05, 4.69) is 25.6 Å². The highest BCUT2D eigenvalue weighted by Gasteiger charge is 2.27. The molecule has 0 aliphatic heterocycles. The van der Waals surface area contributed by atoms with E-state index < -0.39 is 22.7 Å². The highest BCUT2D eigenvalue weighted by atomic mass is 32.2. The van der Waals surface area contributed by atoms with Gasteiger partial charge in [0, 0.05) is 12.1 Å². The third-order valence-electron chi connectivity index (χ3n) is 5.15. The first-order valence-electron chi connectivity index (χ1n) is 10.5. The van der Waals surface area contributed by atoms with Crippen molar-refractivity contribution in [1.82, 2.24) is 15.0 Å². The Morgan fingerprint density at radius 2 is 1.67 bits per heavy atom. The Balaban J connectivity index is 1.66. The second-order valence-corrected chi connectivity index (χ2v) is 9.50. The summed E-state index contributed by atoms with van der Waals surface area (Å²) >= 11 is 0. The zero-order chi connectivity index (χ0) is 26.1. The number of nitrogens with two attached hydrogens (primary N) is 1. The SMILES string of the molecule is Cc1cc(-c2ccc3nc(NCc4ccc(S(N)(=O)=O)cc4)nc(NCC(F)(F)F)c3n2)ccc1F. The number of aryl methyl sites for hydroxylation is 1. The summed E-state index contributed by atoms with van der Waals surface area (Å²) in [6.45, 7) is 0.421. The molecule has 0 saturated carbocycles. The average molecular weight is 521 g/mol. The molecular weight excluding hydrogens is 500 g/mol. The number of anilines is 2. The van der Waals surface area contributed by atoms with Crippen LogP contribution < -0.4 is 15.8 Å². The first-order chi connectivity index (χ1) is 16.9. The number of sulfonamides is 1. The molecule has 4 aromatic rings. The van der Waals surface area contributed by atoms with Gasteiger partial charge in [-0.2, -0.15) is 18.2 Å². The summed E-state index contributed by atoms with van der Waals surface area (Å²) in [4.78, 5) is 12.9. The molecule has 0 unspecified atom stereocenters. The van der Waals surface area contributed by atoms with Gasteiger partial charge in [-0.25, -0.2) is 27.9 Å². The van der Waals surface area contributed by atoms with E-state index in [1.807, 2.05) is 0 Å². The lowest BCUT2D eigenvalue weighted by molar-refractivity contribution is -0.115. The molecule has 8 nitrogen and oxygen atoms in total. The van der Waals surface area contributed by atoms with Gasteiger partial charge in [-0.05, 0) is 60.5 Å². The first-order valence-corrected chi connectivity index (χ1v) is 12.1. The van der Waals surface area contributed by atoms with Crippen LogP contribution >= 0.6 is 0 Å². The molecule has 2 aromatic carbocycles. The predicted octanol–water partition coefficient (Wildman–Crippen LogP) is 4.37. The van der Waals surface area contributed by atoms with Crippen LogP contribution in [0.1, 0.15) is 11.1 Å². The molecule has 2 aromatic heterocycles. The van der Waals surface area contributed by atoms with Gasteiger partial charge in [0.25, 0.3) is 0 Å². The molecule has 0 aliphatic carbocycles. The Bertz CT molecular complexity index is 1530. The Kier molecular flexibility index (Phi) is 6.78. The number of aromatic nitrogens is 3. The summed E-state index contributed by atoms with van der Waals surface area (Å²) in [6, 6.07) is 13.4. The van der Waals surface area contributed by atoms with Gasteiger partial charge >= 0.3 is 6.18 Å². The minimum Gasteiger partial charge on any atom is -0.359 e. The van der Waals surface area contributed by atoms with Crippen molar-refractivity contribution in [2.45, 2.75) is 24.5 Å². The molecule has 0 fully saturated rings. The van der Waals surface area contributed by atoms with E-state index in [0.29, 0.717) is 22.4 Å². The molecule has 0 bridgehead atoms. The van der Waals surface area contributed by atoms with Crippen molar-refractivity contribution in [2.24, 2.45) is 5.14 Å². The summed E-state index contributed by atoms with van der Waals surface area (Å²) in [5.41, 5.74) is 2.46. The number of primary sulfonamides is 1. The lowest BCUT2D eigenvalue weighted by atomic mass is 10.1. The van der Waals surface area contributed by atoms with Crippen LogP contribution in [0.25, 0.3) is 22.3 Å². The van der Waals surface area contributed by atoms with Crippen LogP contribution in [0.5, 0.6) is 0 Å². The molecule has 0 spiro atoms. The highest BCUT2D eigenvalue weighted by molar-refractivity contribution is 7.89. The zero-order valence-corrected chi connectivity index (χ0v) is 19.6. The monoisotopic (exact) mass is 520 g/mol. The maximum absolute atomic E-state index is 13.7. The minimum atomic E-state index is -4.50. The lowest BCUT2D eigenvalue weighted by Crippen LogP contribution is -2.22. The van der Waals surface area contributed by atoms with Crippen LogP contribution in [-0.4, -0.2) is 36.1 Å². The minimum absolute atomic E-state index is 0.0369. The molecule has 2 heterocycles. The Hall–Kier alpha value is -3.84. The third kappa shape index (κ3) is 6.04. The Morgan fingerprint density at radius 3 is 2.31 bits per heavy atom. The van der Waals surface area contributed by atoms with E-state index in [0.717, 1.165) is 0 Å². The predicted molar refractivity (Wildman–Crippen MR) is 127 cm³/mol. The molecule has 0 radical (unpaired) electrons. The van der Waals surface area contributed by atoms with Gasteiger partial charge in [0.2, 0.25) is 16.0 Å². The Labute approximate surface area is 203 Å². The lowest BCUT2D eigenvalue weighted by Gasteiger charge is -2.14. The van der Waals surface area contributed by atoms with Crippen molar-refractivity contribution in [3.05, 3.63) is 71.5 Å². The highest BCUT2D eigenvalue weighted by Crippen LogP contribution is 2.27. The number of nitrogens with one attached hydrogen (secondary N) is 2. The van der Waals surface area contributed by atoms with Gasteiger partial charge < -0.3 is 10.6 Å². The number of benzene rings is 2. The van der Waals surface area contributed by atoms with E-state index in [1.165, 1.54) is 36.4 Å². The summed E-state index contributed by atoms with van der Waals surface area (Å²) in [5.74, 6) is -0.481. The van der Waals surface area contributed by atoms with Crippen LogP contribution in [-0.2, 0) is 16.6 Å². The number of fused-ring (bicyclic) bond motifs is 1. The summed E-state index contributed by atoms with van der Waals surface area (Å²) in [6.07, 6.45) is -4.50. The normalized spacial score (nSPS) is 12.1. The van der Waals surface area contributed by atoms with Gasteiger partial charge in [-0.3, -0.25) is 0 Å². The maximum atomic E-state index is 13.7. The number of halogens is 4. The van der Waals surface area contributed by atoms with Gasteiger partial charge in [0.15, 0.2) is 5.82 Å². The van der Waals surface area contributed by atoms with Crippen LogP contribution in [0.4, 0.5) is 29.3 Å². The van der Waals surface area contributed by atoms with Crippen molar-refractivity contribution in [3.63, 3.8) is 0 Å². The fourth-order valence-electron chi connectivity index (χ4n) is 3.34. The van der Waals surface area contributed by atoms with Crippen LogP contribution in [0.3, 0.4) is 0 Å². The molecule has 0 atom stereocenters. The van der Waals surface area contributed by atoms with E-state index in [4.69, 9.17) is 5.14 Å². The number of rotatable bonds is 7. The number of hydrogen-bond donors (Lipinski definition) is 3. The van der Waals surface area contributed by atoms with Crippen LogP contribution in [0, 0.1) is 12.7 Å². The molecule has 13 heteroatoms. The summed E-state index contributed by atoms with van der Waals surface area (Å²) in [7, 11) is -3.83. The largest absolute Gasteiger partial charge is 0.405 e. The van der Waals surface area contributed by atoms with Gasteiger partial charge in [0.05, 0.1) is 16.1 Å². The van der Waals surface area contributed by atoms with Crippen LogP contribution in [0.15, 0.2) is 59.5 Å². The smallest absolute Gasteiger partial charge is 0.359 e. The fourth-order valence-corrected chi connectivity index (χ4v) is 3.86. The van der Waals surface area contributed by atoms with E-state index in [-0.39, 0.29) is 40.1 Å². The number of alkyl halides is 3. The molecule has 0 saturated heterocycles. The Morgan fingerprint density at radius 1 is 0.944 bits per heavy atom. The fraction of sp³-hybridized carbons (Fsp3) is 0.174. The van der Waals surface area contributed by atoms with E-state index in [1.54, 1.807) is 25.1 Å². The topological polar surface area (TPSA) is 123 Å². The number of nitrogens with zero attached hydrogens (tertiary/aromatic N) is 3. The summed E-state index contributed by atoms with van der Waals surface area (Å²) < 4.78 is 75.2. The third-order valence-corrected chi connectivity index (χ3v) is 6.08. The second-order valence-electron chi connectivity index (χ2n) is 7.94. The van der Waals surface area contributed by atoms with Gasteiger partial charge in [0.1, 0.15) is 17.9 Å². The van der Waals surface area contributed by atoms with Gasteiger partial charge in [-0.15, -0.1) is 0 Å². The van der Waals surface area contributed by atoms with E-state index >= 15 is 0 Å². The number of pyridine rings is 1. The first kappa shape index (κ1) is 25.3. The molecule has 4 N–H and O–H groups in total. The molecule has 4 rings (SSSR count). The van der Waals surface area contributed by atoms with E-state index in [9.17, 15) is 26.0 Å². The second kappa shape index (κ2) is 9.66. The van der Waals surface area contributed by atoms with Crippen LogP contribution in [0.2, 0.25) is 0 Å². The summed E-state index contributed by atoms with van der Waals surface area (Å²) in [5, 5.41) is 10.3. The molecule has 0 aliphatic rings. The van der Waals surface area contributed by atoms with Crippen molar-refractivity contribution < 1.29 is 26.0 Å². The molecule has 0 amide bonds. The van der Waals surface area contributed by atoms with Crippen molar-refractivity contribution >= 4 is 32.8 Å². The average Bonchev–Trinajstić information content (AvgIpc) is 2.82. The molecule has 36 heavy (non-hydrogen) atoms. The van der Waals surface area contributed by atoms with Crippen molar-refractivity contribution in [3.8, 4) is 11.3 Å². The maximum Gasteiger partial charge on any atom is 0.405 e. The van der Waals surface area contributed by atoms with Gasteiger partial charge in [-0.1, -0.05) is 12.1 Å². The standard InChI is InChI=1S/C23H20F4N6O2S/c1-13-10-15(4-7-17(13)24)18-8-9-19-20(31-18)21(30-12-23(25,26)27)33-22(32-19)29-11-14-2-5-16(6-3-14)36(28,34)35/h2-10H,11-12H2,1H3,(H2,28,34,35)(H2,29,30,32,33). The zero-order valence-electron chi connectivity index (χ0n) is 18.8. The van der Waals surface area contributed by atoms with Crippen molar-refractivity contribution in [2.75, 3.05) is 17.2 Å².